The van der Waals surface area contributed by atoms with Gasteiger partial charge in [-0.25, -0.2) is 12.8 Å². The van der Waals surface area contributed by atoms with Gasteiger partial charge in [0.05, 0.1) is 18.2 Å². The largest absolute Gasteiger partial charge is 0.439 e. The van der Waals surface area contributed by atoms with Crippen molar-refractivity contribution in [2.75, 3.05) is 4.31 Å². The van der Waals surface area contributed by atoms with E-state index in [1.165, 1.54) is 6.07 Å². The quantitative estimate of drug-likeness (QED) is 0.500. The molecule has 0 saturated carbocycles. The molecule has 0 fully saturated rings. The number of nitriles is 1. The lowest BCUT2D eigenvalue weighted by Gasteiger charge is -2.38. The summed E-state index contributed by atoms with van der Waals surface area (Å²) in [6.07, 6.45) is 0. The number of hydrogen-bond acceptors (Lipinski definition) is 5. The number of anilines is 1. The summed E-state index contributed by atoms with van der Waals surface area (Å²) in [6.45, 7) is -0.230. The van der Waals surface area contributed by atoms with Crippen LogP contribution in [0.15, 0.2) is 93.6 Å². The summed E-state index contributed by atoms with van der Waals surface area (Å²) in [4.78, 5) is -0.111. The number of halogens is 2. The first-order valence-corrected chi connectivity index (χ1v) is 12.5. The van der Waals surface area contributed by atoms with Gasteiger partial charge in [0.25, 0.3) is 10.0 Å². The Bertz CT molecular complexity index is 1540. The Morgan fingerprint density at radius 3 is 2.47 bits per heavy atom. The zero-order valence-electron chi connectivity index (χ0n) is 17.6. The van der Waals surface area contributed by atoms with Gasteiger partial charge in [-0.15, -0.1) is 0 Å². The molecule has 0 bridgehead atoms. The molecule has 0 unspecified atom stereocenters. The van der Waals surface area contributed by atoms with Gasteiger partial charge in [-0.3, -0.25) is 4.31 Å². The third-order valence-electron chi connectivity index (χ3n) is 5.85. The molecule has 34 heavy (non-hydrogen) atoms. The first kappa shape index (κ1) is 22.2. The number of nitrogens with two attached hydrogens (primary N) is 1. The minimum atomic E-state index is -4.27. The summed E-state index contributed by atoms with van der Waals surface area (Å²) in [5.41, 5.74) is 7.70. The molecule has 2 heterocycles. The summed E-state index contributed by atoms with van der Waals surface area (Å²) in [7, 11) is -4.27. The number of ether oxygens (including phenoxy) is 1. The fraction of sp³-hybridized carbons (Fsp3) is 0.0800. The van der Waals surface area contributed by atoms with Crippen LogP contribution in [0.5, 0.6) is 0 Å². The molecule has 0 saturated heterocycles. The van der Waals surface area contributed by atoms with E-state index in [0.717, 1.165) is 4.31 Å². The zero-order valence-corrected chi connectivity index (χ0v) is 20.0. The van der Waals surface area contributed by atoms with E-state index in [1.54, 1.807) is 66.7 Å². The molecule has 0 radical (unpaired) electrons. The molecule has 2 aliphatic heterocycles. The van der Waals surface area contributed by atoms with Crippen molar-refractivity contribution in [3.63, 3.8) is 0 Å². The number of allylic oxidation sites excluding steroid dienone is 2. The molecular formula is C25H17BrFN3O3S. The van der Waals surface area contributed by atoms with Gasteiger partial charge in [-0.1, -0.05) is 64.5 Å². The summed E-state index contributed by atoms with van der Waals surface area (Å²) in [5, 5.41) is 9.91. The van der Waals surface area contributed by atoms with Crippen LogP contribution in [0.1, 0.15) is 22.6 Å². The summed E-state index contributed by atoms with van der Waals surface area (Å²) in [6, 6.07) is 21.9. The van der Waals surface area contributed by atoms with Gasteiger partial charge in [-0.05, 0) is 29.8 Å². The van der Waals surface area contributed by atoms with Crippen LogP contribution in [-0.4, -0.2) is 8.42 Å². The maximum atomic E-state index is 14.5. The highest BCUT2D eigenvalue weighted by Gasteiger charge is 2.47. The lowest BCUT2D eigenvalue weighted by Crippen LogP contribution is -2.39. The molecule has 3 aromatic carbocycles. The predicted molar refractivity (Wildman–Crippen MR) is 130 cm³/mol. The van der Waals surface area contributed by atoms with E-state index in [-0.39, 0.29) is 34.2 Å². The van der Waals surface area contributed by atoms with Crippen molar-refractivity contribution in [3.8, 4) is 6.07 Å². The SMILES string of the molecule is N#CC1=C(N)OC2=C([C@H]1c1ccccc1Br)S(=O)(=O)N(Cc1ccccc1F)c1ccccc12. The standard InChI is InChI=1S/C25H17BrFN3O3S/c26-19-10-4-2-8-16(19)22-18(13-28)25(29)33-23-17-9-3-6-12-21(17)30(34(31,32)24(22)23)14-15-7-1-5-11-20(15)27/h1-12,22H,14,29H2/t22-/m0/s1. The van der Waals surface area contributed by atoms with Crippen molar-refractivity contribution >= 4 is 37.4 Å². The second-order valence-electron chi connectivity index (χ2n) is 7.76. The third kappa shape index (κ3) is 3.38. The second kappa shape index (κ2) is 8.31. The van der Waals surface area contributed by atoms with E-state index in [4.69, 9.17) is 10.5 Å². The Balaban J connectivity index is 1.79. The molecule has 6 nitrogen and oxygen atoms in total. The van der Waals surface area contributed by atoms with Gasteiger partial charge in [0.15, 0.2) is 5.76 Å². The first-order valence-electron chi connectivity index (χ1n) is 10.3. The monoisotopic (exact) mass is 537 g/mol. The van der Waals surface area contributed by atoms with Crippen LogP contribution in [0.4, 0.5) is 10.1 Å². The van der Waals surface area contributed by atoms with E-state index in [0.29, 0.717) is 21.3 Å². The highest BCUT2D eigenvalue weighted by Crippen LogP contribution is 2.52. The molecule has 0 amide bonds. The van der Waals surface area contributed by atoms with Crippen LogP contribution in [0.3, 0.4) is 0 Å². The fourth-order valence-electron chi connectivity index (χ4n) is 4.28. The molecule has 0 aromatic heterocycles. The van der Waals surface area contributed by atoms with Crippen molar-refractivity contribution in [3.05, 3.63) is 116 Å². The van der Waals surface area contributed by atoms with Crippen LogP contribution in [0.25, 0.3) is 5.76 Å². The van der Waals surface area contributed by atoms with Crippen molar-refractivity contribution in [2.24, 2.45) is 5.73 Å². The molecule has 3 aromatic rings. The number of fused-ring (bicyclic) bond motifs is 2. The summed E-state index contributed by atoms with van der Waals surface area (Å²) in [5.74, 6) is -1.61. The van der Waals surface area contributed by atoms with Crippen molar-refractivity contribution in [2.45, 2.75) is 12.5 Å². The van der Waals surface area contributed by atoms with Gasteiger partial charge in [-0.2, -0.15) is 5.26 Å². The molecule has 0 spiro atoms. The maximum Gasteiger partial charge on any atom is 0.265 e. The van der Waals surface area contributed by atoms with Gasteiger partial charge in [0.1, 0.15) is 22.4 Å². The Kier molecular flexibility index (Phi) is 5.42. The number of benzene rings is 3. The Labute approximate surface area is 204 Å². The number of hydrogen-bond donors (Lipinski definition) is 1. The summed E-state index contributed by atoms with van der Waals surface area (Å²) < 4.78 is 50.4. The molecule has 170 valence electrons. The van der Waals surface area contributed by atoms with E-state index < -0.39 is 21.8 Å². The van der Waals surface area contributed by atoms with Crippen LogP contribution < -0.4 is 10.0 Å². The number of para-hydroxylation sites is 1. The maximum absolute atomic E-state index is 14.5. The topological polar surface area (TPSA) is 96.4 Å². The third-order valence-corrected chi connectivity index (χ3v) is 8.45. The van der Waals surface area contributed by atoms with Crippen molar-refractivity contribution in [1.29, 1.82) is 5.26 Å². The first-order chi connectivity index (χ1) is 16.3. The van der Waals surface area contributed by atoms with Gasteiger partial charge >= 0.3 is 0 Å². The Hall–Kier alpha value is -3.61. The zero-order chi connectivity index (χ0) is 24.0. The normalized spacial score (nSPS) is 18.6. The highest BCUT2D eigenvalue weighted by molar-refractivity contribution is 9.10. The number of sulfonamides is 1. The Morgan fingerprint density at radius 2 is 1.74 bits per heavy atom. The molecule has 0 aliphatic carbocycles. The average Bonchev–Trinajstić information content (AvgIpc) is 2.82. The highest BCUT2D eigenvalue weighted by atomic mass is 79.9. The molecule has 5 rings (SSSR count). The van der Waals surface area contributed by atoms with Gasteiger partial charge in [0, 0.05) is 15.6 Å². The Morgan fingerprint density at radius 1 is 1.06 bits per heavy atom. The van der Waals surface area contributed by atoms with Crippen molar-refractivity contribution in [1.82, 2.24) is 0 Å². The van der Waals surface area contributed by atoms with Crippen LogP contribution >= 0.6 is 15.9 Å². The molecule has 1 atom stereocenters. The lowest BCUT2D eigenvalue weighted by atomic mass is 9.88. The minimum Gasteiger partial charge on any atom is -0.439 e. The lowest BCUT2D eigenvalue weighted by molar-refractivity contribution is 0.357. The number of nitrogens with zero attached hydrogens (tertiary/aromatic N) is 2. The fourth-order valence-corrected chi connectivity index (χ4v) is 6.69. The summed E-state index contributed by atoms with van der Waals surface area (Å²) >= 11 is 3.48. The van der Waals surface area contributed by atoms with Crippen LogP contribution in [0, 0.1) is 17.1 Å². The van der Waals surface area contributed by atoms with E-state index in [2.05, 4.69) is 15.9 Å². The van der Waals surface area contributed by atoms with Gasteiger partial charge < -0.3 is 10.5 Å². The van der Waals surface area contributed by atoms with E-state index >= 15 is 0 Å². The predicted octanol–water partition coefficient (Wildman–Crippen LogP) is 5.11. The number of rotatable bonds is 3. The van der Waals surface area contributed by atoms with Crippen LogP contribution in [0.2, 0.25) is 0 Å². The second-order valence-corrected chi connectivity index (χ2v) is 10.4. The van der Waals surface area contributed by atoms with Crippen molar-refractivity contribution < 1.29 is 17.5 Å². The minimum absolute atomic E-state index is 0.0144. The molecule has 2 N–H and O–H groups in total. The molecule has 2 aliphatic rings. The van der Waals surface area contributed by atoms with Gasteiger partial charge in [0.2, 0.25) is 5.88 Å². The van der Waals surface area contributed by atoms with E-state index in [9.17, 15) is 18.1 Å². The van der Waals surface area contributed by atoms with Crippen LogP contribution in [-0.2, 0) is 21.3 Å². The van der Waals surface area contributed by atoms with E-state index in [1.807, 2.05) is 6.07 Å². The molecule has 9 heteroatoms. The molecular weight excluding hydrogens is 521 g/mol. The smallest absolute Gasteiger partial charge is 0.265 e. The average molecular weight is 538 g/mol.